The van der Waals surface area contributed by atoms with Gasteiger partial charge in [0, 0.05) is 11.5 Å². The second-order valence-corrected chi connectivity index (χ2v) is 10.8. The van der Waals surface area contributed by atoms with Gasteiger partial charge in [0.25, 0.3) is 5.56 Å². The average Bonchev–Trinajstić information content (AvgIpc) is 2.92. The number of hydrogen-bond acceptors (Lipinski definition) is 4. The number of nitrogens with one attached hydrogen (secondary N) is 1. The van der Waals surface area contributed by atoms with Crippen molar-refractivity contribution in [1.29, 1.82) is 0 Å². The van der Waals surface area contributed by atoms with Crippen molar-refractivity contribution in [2.75, 3.05) is 5.32 Å². The van der Waals surface area contributed by atoms with Gasteiger partial charge < -0.3 is 5.32 Å². The number of para-hydroxylation sites is 1. The second-order valence-electron chi connectivity index (χ2n) is 7.36. The molecule has 0 atom stereocenters. The molecule has 0 radical (unpaired) electrons. The van der Waals surface area contributed by atoms with E-state index < -0.39 is 26.1 Å². The van der Waals surface area contributed by atoms with Crippen LogP contribution in [0.3, 0.4) is 0 Å². The third kappa shape index (κ3) is 3.63. The number of sulfone groups is 1. The number of hydrogen-bond donors (Lipinski definition) is 1. The Morgan fingerprint density at radius 3 is 2.17 bits per heavy atom. The van der Waals surface area contributed by atoms with Crippen LogP contribution in [-0.2, 0) is 21.7 Å². The maximum absolute atomic E-state index is 13.1. The molecule has 3 aromatic rings. The summed E-state index contributed by atoms with van der Waals surface area (Å²) >= 11 is 3.27. The Morgan fingerprint density at radius 2 is 1.60 bits per heavy atom. The minimum atomic E-state index is -4.00. The Bertz CT molecular complexity index is 1260. The van der Waals surface area contributed by atoms with Crippen LogP contribution >= 0.6 is 15.9 Å². The molecule has 0 saturated heterocycles. The van der Waals surface area contributed by atoms with Crippen molar-refractivity contribution < 1.29 is 13.2 Å². The summed E-state index contributed by atoms with van der Waals surface area (Å²) in [6.45, 7) is 4.34. The van der Waals surface area contributed by atoms with E-state index in [1.165, 1.54) is 30.7 Å². The van der Waals surface area contributed by atoms with E-state index in [-0.39, 0.29) is 10.6 Å². The lowest BCUT2D eigenvalue weighted by Crippen LogP contribution is -2.45. The Morgan fingerprint density at radius 1 is 1.03 bits per heavy atom. The molecule has 9 heteroatoms. The van der Waals surface area contributed by atoms with Gasteiger partial charge in [0.2, 0.25) is 5.91 Å². The summed E-state index contributed by atoms with van der Waals surface area (Å²) in [5, 5.41) is 2.56. The highest BCUT2D eigenvalue weighted by Gasteiger charge is 2.43. The monoisotopic (exact) mass is 491 g/mol. The zero-order chi connectivity index (χ0) is 22.3. The predicted octanol–water partition coefficient (Wildman–Crippen LogP) is 3.44. The first-order valence-electron chi connectivity index (χ1n) is 9.14. The van der Waals surface area contributed by atoms with Crippen LogP contribution in [0.4, 0.5) is 5.69 Å². The number of rotatable bonds is 5. The molecule has 0 fully saturated rings. The van der Waals surface area contributed by atoms with Crippen LogP contribution in [0.5, 0.6) is 0 Å². The van der Waals surface area contributed by atoms with E-state index >= 15 is 0 Å². The van der Waals surface area contributed by atoms with Gasteiger partial charge in [-0.2, -0.15) is 0 Å². The molecule has 0 aliphatic heterocycles. The van der Waals surface area contributed by atoms with Gasteiger partial charge >= 0.3 is 0 Å². The van der Waals surface area contributed by atoms with Crippen LogP contribution < -0.4 is 10.9 Å². The van der Waals surface area contributed by atoms with Crippen molar-refractivity contribution in [1.82, 2.24) is 9.36 Å². The number of benzene rings is 2. The van der Waals surface area contributed by atoms with Crippen LogP contribution in [0, 0.1) is 6.92 Å². The number of amides is 1. The van der Waals surface area contributed by atoms with Crippen LogP contribution in [0.25, 0.3) is 5.69 Å². The van der Waals surface area contributed by atoms with Crippen LogP contribution in [0.2, 0.25) is 0 Å². The topological polar surface area (TPSA) is 90.2 Å². The molecule has 1 amide bonds. The van der Waals surface area contributed by atoms with Crippen molar-refractivity contribution in [3.8, 4) is 5.69 Å². The number of carbonyl (C=O) groups excluding carboxylic acids is 1. The molecule has 0 aliphatic rings. The fourth-order valence-electron chi connectivity index (χ4n) is 3.01. The average molecular weight is 492 g/mol. The lowest BCUT2D eigenvalue weighted by atomic mass is 10.2. The van der Waals surface area contributed by atoms with E-state index in [1.54, 1.807) is 55.1 Å². The molecule has 3 rings (SSSR count). The van der Waals surface area contributed by atoms with Crippen LogP contribution in [0.1, 0.15) is 19.5 Å². The summed E-state index contributed by atoms with van der Waals surface area (Å²) in [5.41, 5.74) is 0.751. The first kappa shape index (κ1) is 22.0. The third-order valence-electron chi connectivity index (χ3n) is 5.14. The largest absolute Gasteiger partial charge is 0.319 e. The Balaban J connectivity index is 2.00. The summed E-state index contributed by atoms with van der Waals surface area (Å²) in [4.78, 5) is 26.1. The predicted molar refractivity (Wildman–Crippen MR) is 120 cm³/mol. The molecule has 0 aliphatic carbocycles. The fourth-order valence-corrected chi connectivity index (χ4v) is 4.65. The van der Waals surface area contributed by atoms with Gasteiger partial charge in [0.15, 0.2) is 9.84 Å². The smallest absolute Gasteiger partial charge is 0.295 e. The van der Waals surface area contributed by atoms with E-state index in [4.69, 9.17) is 0 Å². The molecule has 2 aromatic carbocycles. The minimum absolute atomic E-state index is 0.0253. The first-order chi connectivity index (χ1) is 14.0. The maximum Gasteiger partial charge on any atom is 0.295 e. The number of anilines is 1. The van der Waals surface area contributed by atoms with Gasteiger partial charge in [-0.25, -0.2) is 13.1 Å². The van der Waals surface area contributed by atoms with Crippen molar-refractivity contribution in [3.63, 3.8) is 0 Å². The molecular formula is C21H22BrN3O4S. The molecular weight excluding hydrogens is 470 g/mol. The molecule has 158 valence electrons. The van der Waals surface area contributed by atoms with Crippen molar-refractivity contribution in [3.05, 3.63) is 75.1 Å². The molecule has 1 heterocycles. The van der Waals surface area contributed by atoms with Gasteiger partial charge in [-0.3, -0.25) is 14.3 Å². The van der Waals surface area contributed by atoms with Gasteiger partial charge in [-0.1, -0.05) is 34.1 Å². The standard InChI is InChI=1S/C21H22BrN3O4S/c1-14-18(19(26)25(24(14)4)16-8-6-5-7-9-16)23-20(27)21(2,3)30(28,29)17-12-10-15(22)11-13-17/h5-13H,1-4H3,(H,23,27). The third-order valence-corrected chi connectivity index (χ3v) is 8.09. The van der Waals surface area contributed by atoms with Crippen molar-refractivity contribution in [2.45, 2.75) is 30.4 Å². The molecule has 1 aromatic heterocycles. The summed E-state index contributed by atoms with van der Waals surface area (Å²) in [6.07, 6.45) is 0. The lowest BCUT2D eigenvalue weighted by Gasteiger charge is -2.23. The van der Waals surface area contributed by atoms with E-state index in [2.05, 4.69) is 21.2 Å². The molecule has 7 nitrogen and oxygen atoms in total. The number of nitrogens with zero attached hydrogens (tertiary/aromatic N) is 2. The van der Waals surface area contributed by atoms with E-state index in [0.717, 1.165) is 4.47 Å². The quantitative estimate of drug-likeness (QED) is 0.591. The van der Waals surface area contributed by atoms with Crippen molar-refractivity contribution in [2.24, 2.45) is 7.05 Å². The molecule has 30 heavy (non-hydrogen) atoms. The number of halogens is 1. The normalized spacial score (nSPS) is 12.0. The summed E-state index contributed by atoms with van der Waals surface area (Å²) in [6, 6.07) is 15.1. The highest BCUT2D eigenvalue weighted by Crippen LogP contribution is 2.28. The maximum atomic E-state index is 13.1. The van der Waals surface area contributed by atoms with Crippen LogP contribution in [-0.4, -0.2) is 28.4 Å². The zero-order valence-electron chi connectivity index (χ0n) is 17.0. The highest BCUT2D eigenvalue weighted by atomic mass is 79.9. The molecule has 0 saturated carbocycles. The minimum Gasteiger partial charge on any atom is -0.319 e. The van der Waals surface area contributed by atoms with E-state index in [1.807, 2.05) is 6.07 Å². The Hall–Kier alpha value is -2.65. The first-order valence-corrected chi connectivity index (χ1v) is 11.4. The zero-order valence-corrected chi connectivity index (χ0v) is 19.4. The van der Waals surface area contributed by atoms with E-state index in [9.17, 15) is 18.0 Å². The van der Waals surface area contributed by atoms with E-state index in [0.29, 0.717) is 11.4 Å². The van der Waals surface area contributed by atoms with Gasteiger partial charge in [-0.15, -0.1) is 0 Å². The number of carbonyl (C=O) groups is 1. The summed E-state index contributed by atoms with van der Waals surface area (Å²) in [5.74, 6) is -0.781. The summed E-state index contributed by atoms with van der Waals surface area (Å²) < 4.78 is 28.2. The second kappa shape index (κ2) is 7.88. The Kier molecular flexibility index (Phi) is 5.79. The molecule has 0 bridgehead atoms. The van der Waals surface area contributed by atoms with Gasteiger partial charge in [-0.05, 0) is 57.2 Å². The number of aromatic nitrogens is 2. The van der Waals surface area contributed by atoms with Crippen LogP contribution in [0.15, 0.2) is 68.8 Å². The molecule has 1 N–H and O–H groups in total. The lowest BCUT2D eigenvalue weighted by molar-refractivity contribution is -0.117. The van der Waals surface area contributed by atoms with Gasteiger partial charge in [0.05, 0.1) is 16.3 Å². The fraction of sp³-hybridized carbons (Fsp3) is 0.238. The summed E-state index contributed by atoms with van der Waals surface area (Å²) in [7, 11) is -2.31. The molecule has 0 unspecified atom stereocenters. The van der Waals surface area contributed by atoms with Gasteiger partial charge in [0.1, 0.15) is 10.4 Å². The Labute approximate surface area is 183 Å². The van der Waals surface area contributed by atoms with Crippen molar-refractivity contribution >= 4 is 37.4 Å². The molecule has 0 spiro atoms. The SMILES string of the molecule is Cc1c(NC(=O)C(C)(C)S(=O)(=O)c2ccc(Br)cc2)c(=O)n(-c2ccccc2)n1C. The highest BCUT2D eigenvalue weighted by molar-refractivity contribution is 9.10.